The van der Waals surface area contributed by atoms with Crippen LogP contribution in [-0.4, -0.2) is 40.1 Å². The quantitative estimate of drug-likeness (QED) is 0.400. The molecule has 0 saturated heterocycles. The van der Waals surface area contributed by atoms with E-state index in [1.165, 1.54) is 12.2 Å². The molecule has 1 amide bonds. The van der Waals surface area contributed by atoms with Crippen molar-refractivity contribution in [3.05, 3.63) is 0 Å². The smallest absolute Gasteiger partial charge is 0.233 e. The van der Waals surface area contributed by atoms with E-state index >= 15 is 0 Å². The zero-order chi connectivity index (χ0) is 12.1. The third-order valence-electron chi connectivity index (χ3n) is 2.93. The minimum absolute atomic E-state index is 0.200. The molecule has 0 fully saturated rings. The lowest BCUT2D eigenvalue weighted by atomic mass is 10.2. The van der Waals surface area contributed by atoms with Gasteiger partial charge in [0.2, 0.25) is 6.41 Å². The van der Waals surface area contributed by atoms with Crippen LogP contribution in [-0.2, 0) is 14.1 Å². The molecule has 0 heterocycles. The SMILES string of the molecule is CON(C=O)CCO[Si](C)(C)C(C)(C)C. The van der Waals surface area contributed by atoms with Gasteiger partial charge < -0.3 is 4.43 Å². The van der Waals surface area contributed by atoms with Crippen LogP contribution in [0.5, 0.6) is 0 Å². The lowest BCUT2D eigenvalue weighted by Crippen LogP contribution is -2.42. The van der Waals surface area contributed by atoms with E-state index in [-0.39, 0.29) is 5.04 Å². The predicted molar refractivity (Wildman–Crippen MR) is 62.9 cm³/mol. The molecule has 0 bridgehead atoms. The molecule has 0 aromatic rings. The molecular formula is C10H23NO3Si. The van der Waals surface area contributed by atoms with Crippen molar-refractivity contribution in [2.45, 2.75) is 38.9 Å². The predicted octanol–water partition coefficient (Wildman–Crippen LogP) is 2.03. The zero-order valence-corrected chi connectivity index (χ0v) is 11.7. The highest BCUT2D eigenvalue weighted by Gasteiger charge is 2.36. The molecule has 0 unspecified atom stereocenters. The summed E-state index contributed by atoms with van der Waals surface area (Å²) in [5.74, 6) is 0. The van der Waals surface area contributed by atoms with E-state index in [0.29, 0.717) is 19.6 Å². The maximum Gasteiger partial charge on any atom is 0.233 e. The van der Waals surface area contributed by atoms with Crippen LogP contribution >= 0.6 is 0 Å². The maximum atomic E-state index is 10.4. The van der Waals surface area contributed by atoms with Crippen molar-refractivity contribution in [2.24, 2.45) is 0 Å². The first-order chi connectivity index (χ1) is 6.74. The van der Waals surface area contributed by atoms with Gasteiger partial charge in [-0.25, -0.2) is 5.06 Å². The summed E-state index contributed by atoms with van der Waals surface area (Å²) in [6.45, 7) is 11.9. The standard InChI is InChI=1S/C10H23NO3Si/c1-10(2,3)15(5,6)14-8-7-11(9-12)13-4/h9H,7-8H2,1-6H3. The second kappa shape index (κ2) is 5.63. The van der Waals surface area contributed by atoms with Gasteiger partial charge in [0.1, 0.15) is 0 Å². The zero-order valence-electron chi connectivity index (χ0n) is 10.7. The summed E-state index contributed by atoms with van der Waals surface area (Å²) in [4.78, 5) is 15.2. The highest BCUT2D eigenvalue weighted by Crippen LogP contribution is 2.36. The summed E-state index contributed by atoms with van der Waals surface area (Å²) < 4.78 is 5.89. The molecule has 0 N–H and O–H groups in total. The van der Waals surface area contributed by atoms with Crippen LogP contribution < -0.4 is 0 Å². The van der Waals surface area contributed by atoms with Gasteiger partial charge in [0.05, 0.1) is 20.3 Å². The van der Waals surface area contributed by atoms with E-state index in [9.17, 15) is 4.79 Å². The molecule has 0 aliphatic rings. The Morgan fingerprint density at radius 2 is 1.87 bits per heavy atom. The normalized spacial score (nSPS) is 12.7. The Labute approximate surface area is 93.6 Å². The Morgan fingerprint density at radius 3 is 2.20 bits per heavy atom. The number of hydrogen-bond acceptors (Lipinski definition) is 3. The van der Waals surface area contributed by atoms with Crippen LogP contribution in [0.2, 0.25) is 18.1 Å². The first kappa shape index (κ1) is 14.6. The first-order valence-electron chi connectivity index (χ1n) is 5.14. The van der Waals surface area contributed by atoms with Crippen molar-refractivity contribution in [3.8, 4) is 0 Å². The topological polar surface area (TPSA) is 38.8 Å². The number of hydroxylamine groups is 2. The van der Waals surface area contributed by atoms with Crippen LogP contribution in [0.1, 0.15) is 20.8 Å². The lowest BCUT2D eigenvalue weighted by Gasteiger charge is -2.36. The highest BCUT2D eigenvalue weighted by molar-refractivity contribution is 6.74. The Hall–Kier alpha value is -0.393. The summed E-state index contributed by atoms with van der Waals surface area (Å²) in [7, 11) is -0.222. The van der Waals surface area contributed by atoms with Crippen molar-refractivity contribution in [1.82, 2.24) is 5.06 Å². The third-order valence-corrected chi connectivity index (χ3v) is 7.47. The van der Waals surface area contributed by atoms with Gasteiger partial charge >= 0.3 is 0 Å². The first-order valence-corrected chi connectivity index (χ1v) is 8.05. The average molecular weight is 233 g/mol. The van der Waals surface area contributed by atoms with Crippen molar-refractivity contribution in [2.75, 3.05) is 20.3 Å². The fraction of sp³-hybridized carbons (Fsp3) is 0.900. The summed E-state index contributed by atoms with van der Waals surface area (Å²) >= 11 is 0. The van der Waals surface area contributed by atoms with Gasteiger partial charge in [0.15, 0.2) is 8.32 Å². The molecular weight excluding hydrogens is 210 g/mol. The van der Waals surface area contributed by atoms with E-state index < -0.39 is 8.32 Å². The van der Waals surface area contributed by atoms with Crippen molar-refractivity contribution < 1.29 is 14.1 Å². The molecule has 5 heteroatoms. The number of rotatable bonds is 6. The largest absolute Gasteiger partial charge is 0.415 e. The Kier molecular flexibility index (Phi) is 5.48. The van der Waals surface area contributed by atoms with E-state index in [4.69, 9.17) is 9.26 Å². The Morgan fingerprint density at radius 1 is 1.33 bits per heavy atom. The van der Waals surface area contributed by atoms with Crippen LogP contribution in [0, 0.1) is 0 Å². The van der Waals surface area contributed by atoms with Gasteiger partial charge in [-0.2, -0.15) is 0 Å². The number of amides is 1. The Balaban J connectivity index is 4.00. The molecule has 0 aromatic heterocycles. The van der Waals surface area contributed by atoms with Gasteiger partial charge in [-0.1, -0.05) is 20.8 Å². The third kappa shape index (κ3) is 4.77. The van der Waals surface area contributed by atoms with Crippen LogP contribution in [0.25, 0.3) is 0 Å². The average Bonchev–Trinajstić information content (AvgIpc) is 2.10. The molecule has 15 heavy (non-hydrogen) atoms. The van der Waals surface area contributed by atoms with Crippen LogP contribution in [0.15, 0.2) is 0 Å². The molecule has 90 valence electrons. The van der Waals surface area contributed by atoms with Crippen molar-refractivity contribution in [1.29, 1.82) is 0 Å². The number of hydrogen-bond donors (Lipinski definition) is 0. The van der Waals surface area contributed by atoms with Gasteiger partial charge in [0, 0.05) is 0 Å². The van der Waals surface area contributed by atoms with Gasteiger partial charge in [-0.05, 0) is 18.1 Å². The summed E-state index contributed by atoms with van der Waals surface area (Å²) in [6.07, 6.45) is 0.662. The fourth-order valence-electron chi connectivity index (χ4n) is 0.794. The number of nitrogens with zero attached hydrogens (tertiary/aromatic N) is 1. The minimum atomic E-state index is -1.70. The van der Waals surface area contributed by atoms with E-state index in [2.05, 4.69) is 33.9 Å². The van der Waals surface area contributed by atoms with Gasteiger partial charge in [0.25, 0.3) is 0 Å². The highest BCUT2D eigenvalue weighted by atomic mass is 28.4. The molecule has 0 radical (unpaired) electrons. The molecule has 0 spiro atoms. The second-order valence-electron chi connectivity index (χ2n) is 5.04. The van der Waals surface area contributed by atoms with Gasteiger partial charge in [-0.3, -0.25) is 9.63 Å². The van der Waals surface area contributed by atoms with E-state index in [1.807, 2.05) is 0 Å². The van der Waals surface area contributed by atoms with Crippen molar-refractivity contribution >= 4 is 14.7 Å². The van der Waals surface area contributed by atoms with Crippen LogP contribution in [0.3, 0.4) is 0 Å². The minimum Gasteiger partial charge on any atom is -0.415 e. The van der Waals surface area contributed by atoms with Crippen LogP contribution in [0.4, 0.5) is 0 Å². The summed E-state index contributed by atoms with van der Waals surface area (Å²) in [5.41, 5.74) is 0. The molecule has 0 aromatic carbocycles. The molecule has 0 aliphatic heterocycles. The van der Waals surface area contributed by atoms with Gasteiger partial charge in [-0.15, -0.1) is 0 Å². The number of carbonyl (C=O) groups is 1. The number of carbonyl (C=O) groups excluding carboxylic acids is 1. The summed E-state index contributed by atoms with van der Waals surface area (Å²) in [6, 6.07) is 0. The van der Waals surface area contributed by atoms with E-state index in [0.717, 1.165) is 0 Å². The second-order valence-corrected chi connectivity index (χ2v) is 9.85. The molecule has 0 aliphatic carbocycles. The molecule has 0 rings (SSSR count). The summed E-state index contributed by atoms with van der Waals surface area (Å²) in [5, 5.41) is 1.43. The van der Waals surface area contributed by atoms with E-state index in [1.54, 1.807) is 0 Å². The fourth-order valence-corrected chi connectivity index (χ4v) is 1.83. The Bertz CT molecular complexity index is 201. The monoisotopic (exact) mass is 233 g/mol. The maximum absolute atomic E-state index is 10.4. The molecule has 4 nitrogen and oxygen atoms in total. The van der Waals surface area contributed by atoms with Crippen molar-refractivity contribution in [3.63, 3.8) is 0 Å². The lowest BCUT2D eigenvalue weighted by molar-refractivity contribution is -0.162. The molecule has 0 atom stereocenters. The molecule has 0 saturated carbocycles.